The molecule has 0 radical (unpaired) electrons. The van der Waals surface area contributed by atoms with Gasteiger partial charge in [0.25, 0.3) is 0 Å². The monoisotopic (exact) mass is 157 g/mol. The predicted octanol–water partition coefficient (Wildman–Crippen LogP) is 1.51. The summed E-state index contributed by atoms with van der Waals surface area (Å²) in [6.45, 7) is 9.84. The van der Waals surface area contributed by atoms with E-state index in [-0.39, 0.29) is 0 Å². The van der Waals surface area contributed by atoms with Gasteiger partial charge in [0, 0.05) is 12.6 Å². The predicted molar refractivity (Wildman–Crippen MR) is 46.7 cm³/mol. The Labute approximate surface area is 69.5 Å². The van der Waals surface area contributed by atoms with Gasteiger partial charge in [-0.25, -0.2) is 0 Å². The molecule has 1 rings (SSSR count). The molecule has 0 aromatic carbocycles. The Kier molecular flexibility index (Phi) is 3.34. The molecule has 0 amide bonds. The van der Waals surface area contributed by atoms with Gasteiger partial charge in [-0.15, -0.1) is 0 Å². The average Bonchev–Trinajstić information content (AvgIpc) is 1.98. The molecule has 0 saturated carbocycles. The van der Waals surface area contributed by atoms with E-state index in [0.29, 0.717) is 12.1 Å². The van der Waals surface area contributed by atoms with Crippen molar-refractivity contribution in [3.63, 3.8) is 0 Å². The van der Waals surface area contributed by atoms with Crippen molar-refractivity contribution in [3.8, 4) is 0 Å². The quantitative estimate of drug-likeness (QED) is 0.602. The second-order valence-corrected chi connectivity index (χ2v) is 3.49. The number of ether oxygens (including phenoxy) is 1. The van der Waals surface area contributed by atoms with Crippen molar-refractivity contribution in [2.24, 2.45) is 0 Å². The third-order valence-corrected chi connectivity index (χ3v) is 2.25. The lowest BCUT2D eigenvalue weighted by Crippen LogP contribution is -2.47. The Hall–Kier alpha value is -0.0800. The topological polar surface area (TPSA) is 12.5 Å². The van der Waals surface area contributed by atoms with Crippen molar-refractivity contribution in [2.45, 2.75) is 39.3 Å². The van der Waals surface area contributed by atoms with Gasteiger partial charge in [-0.3, -0.25) is 4.90 Å². The standard InChI is InChI=1S/C9H19NO/c1-4-5-10-6-9(3)11-7-8(10)2/h8-9H,4-7H2,1-3H3. The zero-order valence-electron chi connectivity index (χ0n) is 7.84. The summed E-state index contributed by atoms with van der Waals surface area (Å²) in [6.07, 6.45) is 1.68. The molecule has 0 aliphatic carbocycles. The largest absolute Gasteiger partial charge is 0.376 e. The molecule has 0 spiro atoms. The zero-order chi connectivity index (χ0) is 8.27. The maximum absolute atomic E-state index is 5.52. The number of rotatable bonds is 2. The van der Waals surface area contributed by atoms with Crippen molar-refractivity contribution in [2.75, 3.05) is 19.7 Å². The van der Waals surface area contributed by atoms with Crippen LogP contribution in [0, 0.1) is 0 Å². The van der Waals surface area contributed by atoms with Crippen LogP contribution in [0.15, 0.2) is 0 Å². The first-order chi connectivity index (χ1) is 5.24. The molecule has 2 nitrogen and oxygen atoms in total. The summed E-state index contributed by atoms with van der Waals surface area (Å²) < 4.78 is 5.52. The Morgan fingerprint density at radius 2 is 2.18 bits per heavy atom. The van der Waals surface area contributed by atoms with E-state index in [1.165, 1.54) is 13.0 Å². The molecule has 1 aliphatic rings. The molecule has 2 atom stereocenters. The number of morpholine rings is 1. The smallest absolute Gasteiger partial charge is 0.0674 e. The lowest BCUT2D eigenvalue weighted by atomic mass is 10.2. The van der Waals surface area contributed by atoms with Crippen LogP contribution >= 0.6 is 0 Å². The summed E-state index contributed by atoms with van der Waals surface area (Å²) in [6, 6.07) is 0.617. The van der Waals surface area contributed by atoms with Crippen molar-refractivity contribution in [3.05, 3.63) is 0 Å². The SMILES string of the molecule is CCCN1CC(C)OCC1C. The number of nitrogens with zero attached hydrogens (tertiary/aromatic N) is 1. The number of hydrogen-bond acceptors (Lipinski definition) is 2. The zero-order valence-corrected chi connectivity index (χ0v) is 7.84. The van der Waals surface area contributed by atoms with Gasteiger partial charge < -0.3 is 4.74 Å². The van der Waals surface area contributed by atoms with Gasteiger partial charge in [0.2, 0.25) is 0 Å². The van der Waals surface area contributed by atoms with Crippen LogP contribution in [-0.2, 0) is 4.74 Å². The maximum atomic E-state index is 5.52. The van der Waals surface area contributed by atoms with Gasteiger partial charge in [-0.2, -0.15) is 0 Å². The second kappa shape index (κ2) is 4.07. The van der Waals surface area contributed by atoms with Crippen molar-refractivity contribution in [1.29, 1.82) is 0 Å². The summed E-state index contributed by atoms with van der Waals surface area (Å²) in [7, 11) is 0. The summed E-state index contributed by atoms with van der Waals surface area (Å²) in [5.41, 5.74) is 0. The highest BCUT2D eigenvalue weighted by Crippen LogP contribution is 2.10. The minimum Gasteiger partial charge on any atom is -0.376 e. The molecule has 66 valence electrons. The summed E-state index contributed by atoms with van der Waals surface area (Å²) in [4.78, 5) is 2.51. The third kappa shape index (κ3) is 2.46. The van der Waals surface area contributed by atoms with Gasteiger partial charge in [0.15, 0.2) is 0 Å². The van der Waals surface area contributed by atoms with E-state index >= 15 is 0 Å². The minimum absolute atomic E-state index is 0.428. The number of hydrogen-bond donors (Lipinski definition) is 0. The molecular formula is C9H19NO. The van der Waals surface area contributed by atoms with Crippen LogP contribution in [0.2, 0.25) is 0 Å². The summed E-state index contributed by atoms with van der Waals surface area (Å²) in [5.74, 6) is 0. The van der Waals surface area contributed by atoms with Crippen molar-refractivity contribution >= 4 is 0 Å². The second-order valence-electron chi connectivity index (χ2n) is 3.49. The minimum atomic E-state index is 0.428. The molecule has 2 heteroatoms. The average molecular weight is 157 g/mol. The third-order valence-electron chi connectivity index (χ3n) is 2.25. The van der Waals surface area contributed by atoms with Gasteiger partial charge in [0.1, 0.15) is 0 Å². The first kappa shape index (κ1) is 9.01. The van der Waals surface area contributed by atoms with Crippen LogP contribution in [0.1, 0.15) is 27.2 Å². The van der Waals surface area contributed by atoms with Crippen LogP contribution < -0.4 is 0 Å². The normalized spacial score (nSPS) is 34.1. The van der Waals surface area contributed by atoms with Crippen molar-refractivity contribution in [1.82, 2.24) is 4.90 Å². The lowest BCUT2D eigenvalue weighted by Gasteiger charge is -2.36. The fraction of sp³-hybridized carbons (Fsp3) is 1.00. The molecule has 0 aromatic rings. The van der Waals surface area contributed by atoms with Crippen LogP contribution in [-0.4, -0.2) is 36.7 Å². The van der Waals surface area contributed by atoms with Gasteiger partial charge in [-0.05, 0) is 26.8 Å². The molecule has 0 aromatic heterocycles. The fourth-order valence-electron chi connectivity index (χ4n) is 1.57. The van der Waals surface area contributed by atoms with E-state index in [1.807, 2.05) is 0 Å². The molecule has 1 fully saturated rings. The molecule has 1 saturated heterocycles. The highest BCUT2D eigenvalue weighted by molar-refractivity contribution is 4.74. The first-order valence-corrected chi connectivity index (χ1v) is 4.59. The van der Waals surface area contributed by atoms with Gasteiger partial charge >= 0.3 is 0 Å². The molecular weight excluding hydrogens is 138 g/mol. The highest BCUT2D eigenvalue weighted by atomic mass is 16.5. The molecule has 2 unspecified atom stereocenters. The fourth-order valence-corrected chi connectivity index (χ4v) is 1.57. The Morgan fingerprint density at radius 3 is 2.82 bits per heavy atom. The Morgan fingerprint density at radius 1 is 1.45 bits per heavy atom. The van der Waals surface area contributed by atoms with Crippen LogP contribution in [0.4, 0.5) is 0 Å². The van der Waals surface area contributed by atoms with E-state index < -0.39 is 0 Å². The lowest BCUT2D eigenvalue weighted by molar-refractivity contribution is -0.0490. The maximum Gasteiger partial charge on any atom is 0.0674 e. The van der Waals surface area contributed by atoms with Crippen LogP contribution in [0.25, 0.3) is 0 Å². The van der Waals surface area contributed by atoms with E-state index in [1.54, 1.807) is 0 Å². The van der Waals surface area contributed by atoms with E-state index in [0.717, 1.165) is 13.2 Å². The summed E-state index contributed by atoms with van der Waals surface area (Å²) >= 11 is 0. The molecule has 0 bridgehead atoms. The summed E-state index contributed by atoms with van der Waals surface area (Å²) in [5, 5.41) is 0. The highest BCUT2D eigenvalue weighted by Gasteiger charge is 2.21. The molecule has 1 aliphatic heterocycles. The van der Waals surface area contributed by atoms with E-state index in [9.17, 15) is 0 Å². The molecule has 1 heterocycles. The first-order valence-electron chi connectivity index (χ1n) is 4.59. The molecule has 0 N–H and O–H groups in total. The Bertz CT molecular complexity index is 116. The van der Waals surface area contributed by atoms with E-state index in [2.05, 4.69) is 25.7 Å². The van der Waals surface area contributed by atoms with Gasteiger partial charge in [0.05, 0.1) is 12.7 Å². The van der Waals surface area contributed by atoms with Gasteiger partial charge in [-0.1, -0.05) is 6.92 Å². The van der Waals surface area contributed by atoms with E-state index in [4.69, 9.17) is 4.74 Å². The molecule has 11 heavy (non-hydrogen) atoms. The Balaban J connectivity index is 2.34. The van der Waals surface area contributed by atoms with Crippen molar-refractivity contribution < 1.29 is 4.74 Å². The van der Waals surface area contributed by atoms with Crippen LogP contribution in [0.3, 0.4) is 0 Å². The van der Waals surface area contributed by atoms with Crippen LogP contribution in [0.5, 0.6) is 0 Å².